The van der Waals surface area contributed by atoms with Crippen molar-refractivity contribution < 1.29 is 37.7 Å². The van der Waals surface area contributed by atoms with Gasteiger partial charge in [0, 0.05) is 13.3 Å². The van der Waals surface area contributed by atoms with Gasteiger partial charge in [-0.05, 0) is 45.9 Å². The predicted octanol–water partition coefficient (Wildman–Crippen LogP) is 1.30. The van der Waals surface area contributed by atoms with E-state index in [0.717, 1.165) is 10.8 Å². The minimum Gasteiger partial charge on any atom is -0.462 e. The van der Waals surface area contributed by atoms with Gasteiger partial charge in [0.15, 0.2) is 0 Å². The minimum atomic E-state index is -4.35. The van der Waals surface area contributed by atoms with Crippen molar-refractivity contribution in [2.45, 2.75) is 70.0 Å². The molecule has 2 heterocycles. The first-order chi connectivity index (χ1) is 18.4. The van der Waals surface area contributed by atoms with Crippen LogP contribution >= 0.6 is 7.75 Å². The lowest BCUT2D eigenvalue weighted by atomic mass is 10.0. The normalized spacial score (nSPS) is 25.8. The molecule has 0 unspecified atom stereocenters. The molecule has 0 bridgehead atoms. The van der Waals surface area contributed by atoms with Gasteiger partial charge in [0.25, 0.3) is 5.72 Å². The summed E-state index contributed by atoms with van der Waals surface area (Å²) in [5, 5.41) is 23.7. The van der Waals surface area contributed by atoms with E-state index in [4.69, 9.17) is 29.0 Å². The molecule has 0 saturated carbocycles. The molecule has 1 fully saturated rings. The highest BCUT2D eigenvalue weighted by Gasteiger charge is 2.60. The van der Waals surface area contributed by atoms with Crippen LogP contribution in [0.2, 0.25) is 0 Å². The lowest BCUT2D eigenvalue weighted by Crippen LogP contribution is -2.50. The lowest BCUT2D eigenvalue weighted by molar-refractivity contribution is -0.149. The number of esters is 1. The predicted molar refractivity (Wildman–Crippen MR) is 137 cm³/mol. The number of hydrogen-bond acceptors (Lipinski definition) is 12. The number of benzene rings is 1. The molecule has 0 radical (unpaired) electrons. The van der Waals surface area contributed by atoms with Crippen LogP contribution in [0.3, 0.4) is 0 Å². The number of anilines is 1. The number of nitrogens with zero attached hydrogens (tertiary/aromatic N) is 3. The molecule has 0 aliphatic carbocycles. The number of aliphatic hydroxyl groups is 1. The molecule has 0 amide bonds. The van der Waals surface area contributed by atoms with E-state index in [9.17, 15) is 24.5 Å². The Kier molecular flexibility index (Phi) is 9.50. The van der Waals surface area contributed by atoms with E-state index in [-0.39, 0.29) is 11.6 Å². The molecule has 2 aromatic rings. The Balaban J connectivity index is 1.93. The first-order valence-electron chi connectivity index (χ1n) is 12.0. The van der Waals surface area contributed by atoms with E-state index in [0.29, 0.717) is 0 Å². The van der Waals surface area contributed by atoms with E-state index in [1.54, 1.807) is 32.0 Å². The van der Waals surface area contributed by atoms with Gasteiger partial charge in [-0.1, -0.05) is 18.2 Å². The molecular weight excluding hydrogens is 533 g/mol. The first kappa shape index (κ1) is 30.2. The molecular formula is C24H32N5O9P. The second kappa shape index (κ2) is 12.3. The van der Waals surface area contributed by atoms with Gasteiger partial charge in [-0.2, -0.15) is 15.3 Å². The van der Waals surface area contributed by atoms with Gasteiger partial charge in [0.1, 0.15) is 42.0 Å². The number of ether oxygens (including phenoxy) is 3. The van der Waals surface area contributed by atoms with Crippen molar-refractivity contribution in [3.8, 4) is 11.8 Å². The molecule has 0 spiro atoms. The van der Waals surface area contributed by atoms with Crippen molar-refractivity contribution in [3.05, 3.63) is 53.1 Å². The van der Waals surface area contributed by atoms with Crippen molar-refractivity contribution >= 4 is 19.5 Å². The van der Waals surface area contributed by atoms with Crippen LogP contribution in [-0.2, 0) is 33.8 Å². The summed E-state index contributed by atoms with van der Waals surface area (Å²) in [5.41, 5.74) is 2.34. The van der Waals surface area contributed by atoms with Crippen molar-refractivity contribution in [2.75, 3.05) is 12.8 Å². The second-order valence-electron chi connectivity index (χ2n) is 9.09. The first-order valence-corrected chi connectivity index (χ1v) is 13.6. The van der Waals surface area contributed by atoms with E-state index in [1.807, 2.05) is 6.07 Å². The number of para-hydroxylation sites is 1. The van der Waals surface area contributed by atoms with Crippen molar-refractivity contribution in [3.63, 3.8) is 0 Å². The number of nitrogen functional groups attached to an aromatic ring is 1. The van der Waals surface area contributed by atoms with Crippen LogP contribution in [0, 0.1) is 11.3 Å². The van der Waals surface area contributed by atoms with Crippen LogP contribution in [0.25, 0.3) is 0 Å². The second-order valence-corrected chi connectivity index (χ2v) is 10.7. The average Bonchev–Trinajstić information content (AvgIpc) is 3.16. The standard InChI is InChI=1S/C24H32N5O9P/c1-14(2)35-22(31)15(3)28-39(33,38-17-9-7-6-8-10-17)37-16(4)19-20(34-5)21(30)24(13-25,36-19)29-12-11-18(26)27-23(29)32/h6-12,14-16,19-21,30H,1-5H3,(H,28,33)(H2,26,27,32)/t15-,16+,19+,20+,21+,24+,39-/m0/s1. The number of carbonyl (C=O) groups excluding carboxylic acids is 1. The van der Waals surface area contributed by atoms with Crippen molar-refractivity contribution in [2.24, 2.45) is 0 Å². The number of hydrogen-bond donors (Lipinski definition) is 3. The Hall–Kier alpha value is -3.31. The summed E-state index contributed by atoms with van der Waals surface area (Å²) in [7, 11) is -3.09. The maximum absolute atomic E-state index is 14.0. The average molecular weight is 566 g/mol. The van der Waals surface area contributed by atoms with Crippen molar-refractivity contribution in [1.82, 2.24) is 14.6 Å². The smallest absolute Gasteiger partial charge is 0.459 e. The highest BCUT2D eigenvalue weighted by molar-refractivity contribution is 7.52. The van der Waals surface area contributed by atoms with E-state index in [2.05, 4.69) is 10.1 Å². The minimum absolute atomic E-state index is 0.0939. The summed E-state index contributed by atoms with van der Waals surface area (Å²) in [5.74, 6) is -0.616. The number of nitriles is 1. The molecule has 1 aliphatic rings. The number of carbonyl (C=O) groups is 1. The Morgan fingerprint density at radius 2 is 1.95 bits per heavy atom. The fourth-order valence-corrected chi connectivity index (χ4v) is 5.68. The van der Waals surface area contributed by atoms with Crippen molar-refractivity contribution in [1.29, 1.82) is 5.26 Å². The van der Waals surface area contributed by atoms with Crippen LogP contribution < -0.4 is 21.0 Å². The van der Waals surface area contributed by atoms with Gasteiger partial charge in [-0.3, -0.25) is 13.9 Å². The Bertz CT molecular complexity index is 1300. The molecule has 1 aromatic carbocycles. The van der Waals surface area contributed by atoms with Crippen LogP contribution in [-0.4, -0.2) is 64.3 Å². The molecule has 1 aromatic heterocycles. The summed E-state index contributed by atoms with van der Waals surface area (Å²) in [6.07, 6.45) is -4.62. The van der Waals surface area contributed by atoms with E-state index >= 15 is 0 Å². The van der Waals surface area contributed by atoms with Gasteiger partial charge in [0.05, 0.1) is 12.2 Å². The molecule has 1 aliphatic heterocycles. The number of rotatable bonds is 11. The molecule has 4 N–H and O–H groups in total. The number of nitrogens with one attached hydrogen (secondary N) is 1. The Morgan fingerprint density at radius 1 is 1.28 bits per heavy atom. The van der Waals surface area contributed by atoms with E-state index < -0.39 is 61.7 Å². The van der Waals surface area contributed by atoms with Gasteiger partial charge >= 0.3 is 19.4 Å². The number of aromatic nitrogens is 2. The molecule has 3 rings (SSSR count). The highest BCUT2D eigenvalue weighted by atomic mass is 31.2. The van der Waals surface area contributed by atoms with Crippen LogP contribution in [0.4, 0.5) is 5.82 Å². The maximum Gasteiger partial charge on any atom is 0.459 e. The maximum atomic E-state index is 14.0. The number of nitrogens with two attached hydrogens (primary N) is 1. The SMILES string of the molecule is CO[C@@H]1[C@@H]([C@@H](C)O[P@@](=O)(N[C@@H](C)C(=O)OC(C)C)Oc2ccccc2)O[C@@](C#N)(n2ccc(N)nc2=O)[C@@H]1O. The lowest BCUT2D eigenvalue weighted by Gasteiger charge is -2.30. The Morgan fingerprint density at radius 3 is 2.51 bits per heavy atom. The number of methoxy groups -OCH3 is 1. The van der Waals surface area contributed by atoms with Gasteiger partial charge < -0.3 is 29.6 Å². The highest BCUT2D eigenvalue weighted by Crippen LogP contribution is 2.48. The molecule has 212 valence electrons. The summed E-state index contributed by atoms with van der Waals surface area (Å²) in [6, 6.07) is 10.1. The van der Waals surface area contributed by atoms with Crippen LogP contribution in [0.1, 0.15) is 27.7 Å². The largest absolute Gasteiger partial charge is 0.462 e. The molecule has 1 saturated heterocycles. The quantitative estimate of drug-likeness (QED) is 0.261. The monoisotopic (exact) mass is 565 g/mol. The summed E-state index contributed by atoms with van der Waals surface area (Å²) < 4.78 is 42.7. The fraction of sp³-hybridized carbons (Fsp3) is 0.500. The zero-order chi connectivity index (χ0) is 29.0. The van der Waals surface area contributed by atoms with Crippen LogP contribution in [0.15, 0.2) is 47.4 Å². The van der Waals surface area contributed by atoms with Gasteiger partial charge in [-0.15, -0.1) is 0 Å². The fourth-order valence-electron chi connectivity index (χ4n) is 3.99. The third-order valence-corrected chi connectivity index (χ3v) is 7.53. The molecule has 39 heavy (non-hydrogen) atoms. The Labute approximate surface area is 225 Å². The van der Waals surface area contributed by atoms with Gasteiger partial charge in [-0.25, -0.2) is 9.36 Å². The summed E-state index contributed by atoms with van der Waals surface area (Å²) in [4.78, 5) is 28.6. The topological polar surface area (TPSA) is 197 Å². The van der Waals surface area contributed by atoms with Crippen LogP contribution in [0.5, 0.6) is 5.75 Å². The third kappa shape index (κ3) is 6.65. The summed E-state index contributed by atoms with van der Waals surface area (Å²) >= 11 is 0. The number of aliphatic hydroxyl groups excluding tert-OH is 1. The molecule has 7 atom stereocenters. The molecule has 15 heteroatoms. The van der Waals surface area contributed by atoms with E-state index in [1.165, 1.54) is 39.2 Å². The zero-order valence-electron chi connectivity index (χ0n) is 22.1. The third-order valence-electron chi connectivity index (χ3n) is 5.76. The van der Waals surface area contributed by atoms with Gasteiger partial charge in [0.2, 0.25) is 0 Å². The summed E-state index contributed by atoms with van der Waals surface area (Å²) in [6.45, 7) is 6.20. The zero-order valence-corrected chi connectivity index (χ0v) is 23.0. The molecule has 14 nitrogen and oxygen atoms in total.